The number of amides is 1. The topological polar surface area (TPSA) is 62.0 Å². The van der Waals surface area contributed by atoms with Gasteiger partial charge in [0.15, 0.2) is 0 Å². The van der Waals surface area contributed by atoms with Gasteiger partial charge in [-0.3, -0.25) is 9.59 Å². The third-order valence-electron chi connectivity index (χ3n) is 2.16. The Bertz CT molecular complexity index is 632. The minimum atomic E-state index is -0.795. The van der Waals surface area contributed by atoms with Crippen LogP contribution in [0, 0.1) is 11.6 Å². The number of hydrogen-bond acceptors (Lipinski definition) is 2. The molecule has 18 heavy (non-hydrogen) atoms. The summed E-state index contributed by atoms with van der Waals surface area (Å²) in [4.78, 5) is 25.0. The second-order valence-electron chi connectivity index (χ2n) is 3.55. The SMILES string of the molecule is O=C(Nc1cc(F)cc(F)c1)c1cc[nH]c(=O)c1. The lowest BCUT2D eigenvalue weighted by atomic mass is 10.2. The van der Waals surface area contributed by atoms with E-state index in [1.165, 1.54) is 12.3 Å². The van der Waals surface area contributed by atoms with Gasteiger partial charge in [0.05, 0.1) is 0 Å². The van der Waals surface area contributed by atoms with Gasteiger partial charge in [-0.05, 0) is 18.2 Å². The number of pyridine rings is 1. The average Bonchev–Trinajstić information content (AvgIpc) is 2.27. The Kier molecular flexibility index (Phi) is 3.18. The van der Waals surface area contributed by atoms with Crippen molar-refractivity contribution in [2.75, 3.05) is 5.32 Å². The number of anilines is 1. The third kappa shape index (κ3) is 2.79. The molecule has 0 aliphatic carbocycles. The molecule has 0 saturated carbocycles. The fraction of sp³-hybridized carbons (Fsp3) is 0. The molecule has 1 amide bonds. The second kappa shape index (κ2) is 4.79. The third-order valence-corrected chi connectivity index (χ3v) is 2.16. The molecule has 4 nitrogen and oxygen atoms in total. The maximum atomic E-state index is 12.9. The van der Waals surface area contributed by atoms with Crippen molar-refractivity contribution in [1.29, 1.82) is 0 Å². The maximum absolute atomic E-state index is 12.9. The van der Waals surface area contributed by atoms with Crippen molar-refractivity contribution in [3.8, 4) is 0 Å². The molecule has 0 aliphatic heterocycles. The molecule has 1 aromatic carbocycles. The van der Waals surface area contributed by atoms with Crippen molar-refractivity contribution in [1.82, 2.24) is 4.98 Å². The highest BCUT2D eigenvalue weighted by molar-refractivity contribution is 6.04. The molecule has 2 rings (SSSR count). The minimum absolute atomic E-state index is 0.0159. The van der Waals surface area contributed by atoms with Crippen LogP contribution in [0.15, 0.2) is 41.3 Å². The molecule has 0 bridgehead atoms. The molecule has 92 valence electrons. The van der Waals surface area contributed by atoms with Gasteiger partial charge in [0.25, 0.3) is 5.91 Å². The minimum Gasteiger partial charge on any atom is -0.329 e. The smallest absolute Gasteiger partial charge is 0.255 e. The van der Waals surface area contributed by atoms with E-state index in [4.69, 9.17) is 0 Å². The predicted molar refractivity (Wildman–Crippen MR) is 61.4 cm³/mol. The van der Waals surface area contributed by atoms with Crippen LogP contribution in [0.25, 0.3) is 0 Å². The van der Waals surface area contributed by atoms with E-state index in [1.54, 1.807) is 0 Å². The highest BCUT2D eigenvalue weighted by atomic mass is 19.1. The van der Waals surface area contributed by atoms with Gasteiger partial charge in [-0.25, -0.2) is 8.78 Å². The Hall–Kier alpha value is -2.50. The summed E-state index contributed by atoms with van der Waals surface area (Å²) in [5, 5.41) is 2.30. The Balaban J connectivity index is 2.24. The first-order chi connectivity index (χ1) is 8.54. The normalized spacial score (nSPS) is 10.1. The summed E-state index contributed by atoms with van der Waals surface area (Å²) < 4.78 is 25.8. The summed E-state index contributed by atoms with van der Waals surface area (Å²) in [7, 11) is 0. The zero-order valence-electron chi connectivity index (χ0n) is 9.04. The Morgan fingerprint density at radius 3 is 2.39 bits per heavy atom. The van der Waals surface area contributed by atoms with Crippen molar-refractivity contribution in [2.24, 2.45) is 0 Å². The average molecular weight is 250 g/mol. The van der Waals surface area contributed by atoms with Gasteiger partial charge in [0, 0.05) is 29.6 Å². The molecule has 0 spiro atoms. The second-order valence-corrected chi connectivity index (χ2v) is 3.55. The van der Waals surface area contributed by atoms with Crippen LogP contribution in [0.3, 0.4) is 0 Å². The Morgan fingerprint density at radius 2 is 1.78 bits per heavy atom. The van der Waals surface area contributed by atoms with Crippen molar-refractivity contribution >= 4 is 11.6 Å². The monoisotopic (exact) mass is 250 g/mol. The van der Waals surface area contributed by atoms with E-state index >= 15 is 0 Å². The molecule has 1 heterocycles. The van der Waals surface area contributed by atoms with Gasteiger partial charge in [-0.1, -0.05) is 0 Å². The summed E-state index contributed by atoms with van der Waals surface area (Å²) in [6.45, 7) is 0. The molecule has 0 fully saturated rings. The number of aromatic nitrogens is 1. The predicted octanol–water partition coefficient (Wildman–Crippen LogP) is 1.91. The molecule has 1 aromatic heterocycles. The number of nitrogens with one attached hydrogen (secondary N) is 2. The number of carbonyl (C=O) groups excluding carboxylic acids is 1. The number of hydrogen-bond donors (Lipinski definition) is 2. The zero-order chi connectivity index (χ0) is 13.1. The van der Waals surface area contributed by atoms with Gasteiger partial charge < -0.3 is 10.3 Å². The summed E-state index contributed by atoms with van der Waals surface area (Å²) in [6, 6.07) is 5.13. The molecule has 0 unspecified atom stereocenters. The molecule has 0 aliphatic rings. The molecule has 0 radical (unpaired) electrons. The number of H-pyrrole nitrogens is 1. The van der Waals surface area contributed by atoms with Crippen molar-refractivity contribution in [3.63, 3.8) is 0 Å². The molecular weight excluding hydrogens is 242 g/mol. The van der Waals surface area contributed by atoms with Crippen LogP contribution in [0.1, 0.15) is 10.4 Å². The van der Waals surface area contributed by atoms with E-state index in [-0.39, 0.29) is 11.3 Å². The highest BCUT2D eigenvalue weighted by Gasteiger charge is 2.08. The van der Waals surface area contributed by atoms with Gasteiger partial charge in [-0.2, -0.15) is 0 Å². The van der Waals surface area contributed by atoms with Gasteiger partial charge in [-0.15, -0.1) is 0 Å². The van der Waals surface area contributed by atoms with E-state index < -0.39 is 23.1 Å². The van der Waals surface area contributed by atoms with Gasteiger partial charge in [0.2, 0.25) is 5.56 Å². The van der Waals surface area contributed by atoms with E-state index in [0.29, 0.717) is 6.07 Å². The fourth-order valence-electron chi connectivity index (χ4n) is 1.42. The van der Waals surface area contributed by atoms with E-state index in [9.17, 15) is 18.4 Å². The van der Waals surface area contributed by atoms with Crippen LogP contribution >= 0.6 is 0 Å². The lowest BCUT2D eigenvalue weighted by Gasteiger charge is -2.05. The van der Waals surface area contributed by atoms with Crippen LogP contribution in [-0.2, 0) is 0 Å². The largest absolute Gasteiger partial charge is 0.329 e. The number of halogens is 2. The molecule has 6 heteroatoms. The first-order valence-corrected chi connectivity index (χ1v) is 5.01. The van der Waals surface area contributed by atoms with Crippen molar-refractivity contribution in [3.05, 3.63) is 64.1 Å². The first-order valence-electron chi connectivity index (χ1n) is 5.01. The molecule has 0 atom stereocenters. The summed E-state index contributed by atoms with van der Waals surface area (Å²) in [5.74, 6) is -2.21. The van der Waals surface area contributed by atoms with E-state index in [0.717, 1.165) is 18.2 Å². The Morgan fingerprint density at radius 1 is 1.11 bits per heavy atom. The van der Waals surface area contributed by atoms with Gasteiger partial charge in [0.1, 0.15) is 11.6 Å². The summed E-state index contributed by atoms with van der Waals surface area (Å²) >= 11 is 0. The van der Waals surface area contributed by atoms with E-state index in [1.807, 2.05) is 0 Å². The standard InChI is InChI=1S/C12H8F2N2O2/c13-8-4-9(14)6-10(5-8)16-12(18)7-1-2-15-11(17)3-7/h1-6H,(H,15,17)(H,16,18). The highest BCUT2D eigenvalue weighted by Crippen LogP contribution is 2.13. The van der Waals surface area contributed by atoms with Crippen LogP contribution in [-0.4, -0.2) is 10.9 Å². The number of aromatic amines is 1. The first kappa shape index (κ1) is 12.0. The fourth-order valence-corrected chi connectivity index (χ4v) is 1.42. The van der Waals surface area contributed by atoms with Crippen LogP contribution in [0.2, 0.25) is 0 Å². The summed E-state index contributed by atoms with van der Waals surface area (Å²) in [5.41, 5.74) is -0.353. The number of carbonyl (C=O) groups is 1. The zero-order valence-corrected chi connectivity index (χ0v) is 9.04. The van der Waals surface area contributed by atoms with Crippen LogP contribution in [0.4, 0.5) is 14.5 Å². The van der Waals surface area contributed by atoms with E-state index in [2.05, 4.69) is 10.3 Å². The van der Waals surface area contributed by atoms with Crippen molar-refractivity contribution < 1.29 is 13.6 Å². The van der Waals surface area contributed by atoms with Gasteiger partial charge >= 0.3 is 0 Å². The molecule has 0 saturated heterocycles. The van der Waals surface area contributed by atoms with Crippen LogP contribution < -0.4 is 10.9 Å². The Labute approximate surface area is 100 Å². The lowest BCUT2D eigenvalue weighted by Crippen LogP contribution is -2.15. The summed E-state index contributed by atoms with van der Waals surface area (Å²) in [6.07, 6.45) is 1.31. The molecule has 2 N–H and O–H groups in total. The maximum Gasteiger partial charge on any atom is 0.255 e. The number of rotatable bonds is 2. The molecule has 2 aromatic rings. The quantitative estimate of drug-likeness (QED) is 0.855. The van der Waals surface area contributed by atoms with Crippen molar-refractivity contribution in [2.45, 2.75) is 0 Å². The molecular formula is C12H8F2N2O2. The lowest BCUT2D eigenvalue weighted by molar-refractivity contribution is 0.102. The van der Waals surface area contributed by atoms with Crippen LogP contribution in [0.5, 0.6) is 0 Å². The number of benzene rings is 1.